The summed E-state index contributed by atoms with van der Waals surface area (Å²) in [7, 11) is 0. The van der Waals surface area contributed by atoms with Crippen molar-refractivity contribution in [3.05, 3.63) is 59.2 Å². The molecule has 0 nitrogen and oxygen atoms in total. The summed E-state index contributed by atoms with van der Waals surface area (Å²) in [6.45, 7) is 22.0. The van der Waals surface area contributed by atoms with Gasteiger partial charge in [0.25, 0.3) is 0 Å². The van der Waals surface area contributed by atoms with Gasteiger partial charge in [0.2, 0.25) is 0 Å². The summed E-state index contributed by atoms with van der Waals surface area (Å²) in [6.07, 6.45) is 0. The summed E-state index contributed by atoms with van der Waals surface area (Å²) >= 11 is 0. The monoisotopic (exact) mass is 310 g/mol. The van der Waals surface area contributed by atoms with E-state index in [9.17, 15) is 0 Å². The average Bonchev–Trinajstić information content (AvgIpc) is 2.71. The molecule has 0 spiro atoms. The maximum atomic E-state index is 2.20. The van der Waals surface area contributed by atoms with Crippen molar-refractivity contribution >= 4 is 37.7 Å². The van der Waals surface area contributed by atoms with Crippen molar-refractivity contribution in [1.29, 1.82) is 0 Å². The second-order valence-electron chi connectivity index (χ2n) is 6.25. The van der Waals surface area contributed by atoms with Crippen LogP contribution in [0.25, 0.3) is 0 Å². The third kappa shape index (κ3) is 4.63. The minimum atomic E-state index is 0. The molecule has 0 amide bonds. The quantitative estimate of drug-likeness (QED) is 0.514. The van der Waals surface area contributed by atoms with Crippen LogP contribution in [0.15, 0.2) is 0 Å². The van der Waals surface area contributed by atoms with E-state index in [0.717, 1.165) is 0 Å². The predicted octanol–water partition coefficient (Wildman–Crippen LogP) is 5.56. The maximum absolute atomic E-state index is 2.20. The fraction of sp³-hybridized carbons (Fsp3) is 0.500. The summed E-state index contributed by atoms with van der Waals surface area (Å²) in [6, 6.07) is 0. The van der Waals surface area contributed by atoms with Crippen LogP contribution in [-0.4, -0.2) is 37.7 Å². The van der Waals surface area contributed by atoms with E-state index in [4.69, 9.17) is 0 Å². The molecule has 0 aromatic heterocycles. The van der Waals surface area contributed by atoms with Crippen molar-refractivity contribution in [2.24, 2.45) is 0 Å². The summed E-state index contributed by atoms with van der Waals surface area (Å²) in [4.78, 5) is 0. The Morgan fingerprint density at radius 1 is 0.238 bits per heavy atom. The molecule has 2 aliphatic rings. The average molecular weight is 311 g/mol. The van der Waals surface area contributed by atoms with Crippen LogP contribution in [0.3, 0.4) is 0 Å². The van der Waals surface area contributed by atoms with Crippen molar-refractivity contribution in [2.75, 3.05) is 0 Å². The molecule has 2 aliphatic carbocycles. The zero-order chi connectivity index (χ0) is 15.8. The van der Waals surface area contributed by atoms with Gasteiger partial charge in [0.1, 0.15) is 0 Å². The van der Waals surface area contributed by atoms with Crippen LogP contribution in [0, 0.1) is 59.2 Å². The first-order valence-corrected chi connectivity index (χ1v) is 7.50. The third-order valence-corrected chi connectivity index (χ3v) is 5.62. The van der Waals surface area contributed by atoms with Gasteiger partial charge in [-0.2, -0.15) is 0 Å². The van der Waals surface area contributed by atoms with Gasteiger partial charge in [-0.05, 0) is 59.2 Å². The van der Waals surface area contributed by atoms with Crippen LogP contribution >= 0.6 is 0 Å². The molecule has 0 N–H and O–H groups in total. The van der Waals surface area contributed by atoms with Crippen LogP contribution in [0.4, 0.5) is 0 Å². The second kappa shape index (κ2) is 8.93. The Kier molecular flexibility index (Phi) is 9.47. The molecular weight excluding hydrogens is 280 g/mol. The van der Waals surface area contributed by atoms with Crippen molar-refractivity contribution < 1.29 is 0 Å². The van der Waals surface area contributed by atoms with E-state index in [-0.39, 0.29) is 37.7 Å². The van der Waals surface area contributed by atoms with Crippen molar-refractivity contribution in [3.8, 4) is 0 Å². The molecule has 0 bridgehead atoms. The molecule has 0 unspecified atom stereocenters. The van der Waals surface area contributed by atoms with Gasteiger partial charge in [-0.1, -0.05) is 69.2 Å². The molecule has 2 rings (SSSR count). The van der Waals surface area contributed by atoms with Gasteiger partial charge in [0.05, 0.1) is 0 Å². The predicted molar refractivity (Wildman–Crippen MR) is 94.9 cm³/mol. The minimum Gasteiger partial charge on any atom is -0.0579 e. The molecule has 2 fully saturated rings. The molecule has 0 aromatic carbocycles. The van der Waals surface area contributed by atoms with Crippen LogP contribution in [0.2, 0.25) is 0 Å². The van der Waals surface area contributed by atoms with E-state index >= 15 is 0 Å². The Labute approximate surface area is 165 Å². The van der Waals surface area contributed by atoms with E-state index < -0.39 is 0 Å². The Balaban J connectivity index is 0.000000364. The Hall–Kier alpha value is 1.26. The molecule has 1 heteroatoms. The topological polar surface area (TPSA) is 0 Å². The Morgan fingerprint density at radius 2 is 0.286 bits per heavy atom. The Morgan fingerprint density at radius 3 is 0.333 bits per heavy atom. The number of rotatable bonds is 0. The van der Waals surface area contributed by atoms with Crippen LogP contribution in [-0.2, 0) is 0 Å². The molecule has 110 valence electrons. The second-order valence-corrected chi connectivity index (χ2v) is 6.25. The maximum Gasteiger partial charge on any atom is 2.00 e. The zero-order valence-electron chi connectivity index (χ0n) is 15.7. The summed E-state index contributed by atoms with van der Waals surface area (Å²) in [5.74, 6) is 14.7. The van der Waals surface area contributed by atoms with Crippen molar-refractivity contribution in [3.63, 3.8) is 0 Å². The molecule has 0 aromatic rings. The summed E-state index contributed by atoms with van der Waals surface area (Å²) in [5.41, 5.74) is 0. The van der Waals surface area contributed by atoms with Gasteiger partial charge < -0.3 is 0 Å². The van der Waals surface area contributed by atoms with Gasteiger partial charge in [-0.25, -0.2) is 0 Å². The molecule has 0 atom stereocenters. The normalized spacial score (nSPS) is 27.1. The molecule has 10 radical (unpaired) electrons. The molecule has 2 saturated carbocycles. The molecular formula is C20H30Ca+2. The number of hydrogen-bond acceptors (Lipinski definition) is 0. The van der Waals surface area contributed by atoms with Gasteiger partial charge in [0.15, 0.2) is 0 Å². The fourth-order valence-corrected chi connectivity index (χ4v) is 2.81. The van der Waals surface area contributed by atoms with E-state index in [0.29, 0.717) is 0 Å². The molecule has 0 heterocycles. The van der Waals surface area contributed by atoms with Gasteiger partial charge in [0, 0.05) is 0 Å². The van der Waals surface area contributed by atoms with Crippen LogP contribution in [0.1, 0.15) is 69.2 Å². The zero-order valence-corrected chi connectivity index (χ0v) is 17.9. The molecule has 0 aliphatic heterocycles. The SMILES string of the molecule is C[C]1[C](C)[C](C)[C](C)[C]1C.C[C]1[C](C)[C](C)[C](C)[C]1C.[Ca+2]. The summed E-state index contributed by atoms with van der Waals surface area (Å²) in [5, 5.41) is 0. The Bertz CT molecular complexity index is 181. The van der Waals surface area contributed by atoms with Crippen molar-refractivity contribution in [1.82, 2.24) is 0 Å². The summed E-state index contributed by atoms with van der Waals surface area (Å²) < 4.78 is 0. The number of hydrogen-bond donors (Lipinski definition) is 0. The fourth-order valence-electron chi connectivity index (χ4n) is 2.81. The smallest absolute Gasteiger partial charge is 0.0579 e. The first-order chi connectivity index (χ1) is 9.11. The first kappa shape index (κ1) is 22.3. The van der Waals surface area contributed by atoms with Crippen molar-refractivity contribution in [2.45, 2.75) is 69.2 Å². The minimum absolute atomic E-state index is 0. The van der Waals surface area contributed by atoms with E-state index in [1.165, 1.54) is 59.2 Å². The largest absolute Gasteiger partial charge is 2.00 e. The van der Waals surface area contributed by atoms with E-state index in [1.807, 2.05) is 0 Å². The van der Waals surface area contributed by atoms with Gasteiger partial charge >= 0.3 is 37.7 Å². The molecule has 21 heavy (non-hydrogen) atoms. The third-order valence-electron chi connectivity index (χ3n) is 5.62. The van der Waals surface area contributed by atoms with E-state index in [2.05, 4.69) is 69.2 Å². The van der Waals surface area contributed by atoms with Crippen LogP contribution in [0.5, 0.6) is 0 Å². The van der Waals surface area contributed by atoms with Crippen LogP contribution < -0.4 is 0 Å². The van der Waals surface area contributed by atoms with Gasteiger partial charge in [-0.15, -0.1) is 0 Å². The molecule has 0 saturated heterocycles. The first-order valence-electron chi connectivity index (χ1n) is 7.50. The van der Waals surface area contributed by atoms with E-state index in [1.54, 1.807) is 0 Å². The standard InChI is InChI=1S/2C10H15.Ca/c2*1-6-7(2)9(4)10(5)8(6)3;/h2*1-5H3;/q;;+2. The van der Waals surface area contributed by atoms with Gasteiger partial charge in [-0.3, -0.25) is 0 Å².